The number of aromatic nitrogens is 1. The van der Waals surface area contributed by atoms with E-state index in [1.165, 1.54) is 0 Å². The molecule has 3 atom stereocenters. The Hall–Kier alpha value is -1.47. The Morgan fingerprint density at radius 3 is 2.95 bits per heavy atom. The maximum Gasteiger partial charge on any atom is 0.227 e. The van der Waals surface area contributed by atoms with E-state index in [1.807, 2.05) is 11.9 Å². The maximum atomic E-state index is 12.5. The minimum absolute atomic E-state index is 0.0943. The van der Waals surface area contributed by atoms with E-state index in [0.29, 0.717) is 25.2 Å². The molecule has 0 bridgehead atoms. The highest BCUT2D eigenvalue weighted by atomic mass is 32.2. The van der Waals surface area contributed by atoms with Gasteiger partial charge in [0.2, 0.25) is 5.91 Å². The first kappa shape index (κ1) is 14.5. The second-order valence-electron chi connectivity index (χ2n) is 5.92. The van der Waals surface area contributed by atoms with Crippen LogP contribution in [0, 0.1) is 11.8 Å². The summed E-state index contributed by atoms with van der Waals surface area (Å²) in [6.07, 6.45) is 3.64. The molecule has 21 heavy (non-hydrogen) atoms. The molecule has 0 aliphatic carbocycles. The van der Waals surface area contributed by atoms with Crippen molar-refractivity contribution in [3.05, 3.63) is 24.5 Å². The molecule has 3 heterocycles. The van der Waals surface area contributed by atoms with Crippen molar-refractivity contribution in [2.75, 3.05) is 31.2 Å². The summed E-state index contributed by atoms with van der Waals surface area (Å²) in [5.41, 5.74) is 0.652. The minimum atomic E-state index is -3.07. The number of likely N-dealkylation sites (tertiary alicyclic amines) is 1. The zero-order valence-electron chi connectivity index (χ0n) is 11.9. The van der Waals surface area contributed by atoms with Crippen molar-refractivity contribution in [1.82, 2.24) is 9.88 Å². The van der Waals surface area contributed by atoms with Crippen molar-refractivity contribution in [1.29, 1.82) is 0 Å². The molecular weight excluding hydrogens is 290 g/mol. The molecule has 7 heteroatoms. The lowest BCUT2D eigenvalue weighted by atomic mass is 9.87. The first-order valence-corrected chi connectivity index (χ1v) is 8.80. The number of fused-ring (bicyclic) bond motifs is 1. The monoisotopic (exact) mass is 309 g/mol. The SMILES string of the molecule is CN1C[C@H]2[C@@H](C1)S(=O)(=O)CC[C@H]2C(=O)Nc1cccnc1. The van der Waals surface area contributed by atoms with E-state index >= 15 is 0 Å². The van der Waals surface area contributed by atoms with Gasteiger partial charge in [-0.25, -0.2) is 8.42 Å². The Labute approximate surface area is 124 Å². The Kier molecular flexibility index (Phi) is 3.71. The summed E-state index contributed by atoms with van der Waals surface area (Å²) >= 11 is 0. The first-order valence-electron chi connectivity index (χ1n) is 7.08. The highest BCUT2D eigenvalue weighted by Crippen LogP contribution is 2.36. The van der Waals surface area contributed by atoms with Crippen LogP contribution < -0.4 is 5.32 Å². The zero-order valence-corrected chi connectivity index (χ0v) is 12.7. The number of rotatable bonds is 2. The van der Waals surface area contributed by atoms with Gasteiger partial charge in [-0.1, -0.05) is 0 Å². The average molecular weight is 309 g/mol. The van der Waals surface area contributed by atoms with Gasteiger partial charge in [0, 0.05) is 31.1 Å². The van der Waals surface area contributed by atoms with Gasteiger partial charge >= 0.3 is 0 Å². The van der Waals surface area contributed by atoms with Crippen LogP contribution in [0.2, 0.25) is 0 Å². The lowest BCUT2D eigenvalue weighted by molar-refractivity contribution is -0.121. The van der Waals surface area contributed by atoms with E-state index in [9.17, 15) is 13.2 Å². The van der Waals surface area contributed by atoms with Gasteiger partial charge in [0.05, 0.1) is 22.9 Å². The van der Waals surface area contributed by atoms with E-state index in [1.54, 1.807) is 24.5 Å². The third-order valence-corrected chi connectivity index (χ3v) is 6.67. The third kappa shape index (κ3) is 2.80. The van der Waals surface area contributed by atoms with Crippen LogP contribution in [0.25, 0.3) is 0 Å². The molecule has 0 radical (unpaired) electrons. The second-order valence-corrected chi connectivity index (χ2v) is 8.26. The normalized spacial score (nSPS) is 31.6. The van der Waals surface area contributed by atoms with Crippen LogP contribution in [-0.2, 0) is 14.6 Å². The topological polar surface area (TPSA) is 79.4 Å². The Morgan fingerprint density at radius 1 is 1.43 bits per heavy atom. The maximum absolute atomic E-state index is 12.5. The predicted octanol–water partition coefficient (Wildman–Crippen LogP) is 0.385. The molecule has 2 saturated heterocycles. The molecule has 1 aromatic rings. The van der Waals surface area contributed by atoms with E-state index in [4.69, 9.17) is 0 Å². The minimum Gasteiger partial charge on any atom is -0.324 e. The quantitative estimate of drug-likeness (QED) is 0.854. The highest BCUT2D eigenvalue weighted by Gasteiger charge is 2.49. The van der Waals surface area contributed by atoms with Crippen molar-refractivity contribution in [2.24, 2.45) is 11.8 Å². The number of hydrogen-bond acceptors (Lipinski definition) is 5. The second kappa shape index (κ2) is 5.38. The fourth-order valence-electron chi connectivity index (χ4n) is 3.41. The Morgan fingerprint density at radius 2 is 2.24 bits per heavy atom. The molecule has 1 N–H and O–H groups in total. The summed E-state index contributed by atoms with van der Waals surface area (Å²) in [6.45, 7) is 1.19. The molecule has 6 nitrogen and oxygen atoms in total. The molecule has 0 saturated carbocycles. The van der Waals surface area contributed by atoms with E-state index in [-0.39, 0.29) is 23.5 Å². The molecular formula is C14H19N3O3S. The number of anilines is 1. The zero-order chi connectivity index (χ0) is 15.0. The van der Waals surface area contributed by atoms with E-state index < -0.39 is 15.1 Å². The summed E-state index contributed by atoms with van der Waals surface area (Å²) in [7, 11) is -1.16. The average Bonchev–Trinajstić information content (AvgIpc) is 2.83. The number of pyridine rings is 1. The van der Waals surface area contributed by atoms with Crippen LogP contribution in [0.4, 0.5) is 5.69 Å². The van der Waals surface area contributed by atoms with Gasteiger partial charge < -0.3 is 10.2 Å². The smallest absolute Gasteiger partial charge is 0.227 e. The summed E-state index contributed by atoms with van der Waals surface area (Å²) in [5, 5.41) is 2.45. The summed E-state index contributed by atoms with van der Waals surface area (Å²) in [4.78, 5) is 18.4. The molecule has 2 fully saturated rings. The number of nitrogens with zero attached hydrogens (tertiary/aromatic N) is 2. The largest absolute Gasteiger partial charge is 0.324 e. The first-order chi connectivity index (χ1) is 9.97. The van der Waals surface area contributed by atoms with Crippen LogP contribution in [0.3, 0.4) is 0 Å². The van der Waals surface area contributed by atoms with Gasteiger partial charge in [-0.15, -0.1) is 0 Å². The Balaban J connectivity index is 1.78. The van der Waals surface area contributed by atoms with Crippen molar-refractivity contribution in [3.8, 4) is 0 Å². The summed E-state index contributed by atoms with van der Waals surface area (Å²) in [6, 6.07) is 3.54. The standard InChI is InChI=1S/C14H19N3O3S/c1-17-8-12-11(4-6-21(19,20)13(12)9-17)14(18)16-10-3-2-5-15-7-10/h2-3,5,7,11-13H,4,6,8-9H2,1H3,(H,16,18)/t11-,12-,13-/m1/s1. The molecule has 114 valence electrons. The fraction of sp³-hybridized carbons (Fsp3) is 0.571. The van der Waals surface area contributed by atoms with Gasteiger partial charge in [-0.3, -0.25) is 9.78 Å². The number of nitrogens with one attached hydrogen (secondary N) is 1. The van der Waals surface area contributed by atoms with Crippen LogP contribution >= 0.6 is 0 Å². The molecule has 2 aliphatic heterocycles. The molecule has 1 amide bonds. The molecule has 0 unspecified atom stereocenters. The molecule has 2 aliphatic rings. The van der Waals surface area contributed by atoms with Gasteiger partial charge in [0.15, 0.2) is 9.84 Å². The number of hydrogen-bond donors (Lipinski definition) is 1. The molecule has 0 spiro atoms. The van der Waals surface area contributed by atoms with Gasteiger partial charge in [0.25, 0.3) is 0 Å². The molecule has 3 rings (SSSR count). The van der Waals surface area contributed by atoms with Crippen LogP contribution in [0.5, 0.6) is 0 Å². The van der Waals surface area contributed by atoms with Crippen molar-refractivity contribution < 1.29 is 13.2 Å². The van der Waals surface area contributed by atoms with Crippen LogP contribution in [0.15, 0.2) is 24.5 Å². The fourth-order valence-corrected chi connectivity index (χ4v) is 5.59. The number of sulfone groups is 1. The van der Waals surface area contributed by atoms with Crippen molar-refractivity contribution in [2.45, 2.75) is 11.7 Å². The lowest BCUT2D eigenvalue weighted by Gasteiger charge is -2.31. The van der Waals surface area contributed by atoms with Gasteiger partial charge in [-0.2, -0.15) is 0 Å². The predicted molar refractivity (Wildman–Crippen MR) is 79.5 cm³/mol. The molecule has 0 aromatic carbocycles. The van der Waals surface area contributed by atoms with E-state index in [0.717, 1.165) is 0 Å². The number of carbonyl (C=O) groups is 1. The summed E-state index contributed by atoms with van der Waals surface area (Å²) in [5.74, 6) is -0.343. The highest BCUT2D eigenvalue weighted by molar-refractivity contribution is 7.92. The number of carbonyl (C=O) groups excluding carboxylic acids is 1. The van der Waals surface area contributed by atoms with Gasteiger partial charge in [0.1, 0.15) is 0 Å². The lowest BCUT2D eigenvalue weighted by Crippen LogP contribution is -2.45. The number of amides is 1. The third-order valence-electron chi connectivity index (χ3n) is 4.45. The molecule has 1 aromatic heterocycles. The van der Waals surface area contributed by atoms with Gasteiger partial charge in [-0.05, 0) is 25.6 Å². The van der Waals surface area contributed by atoms with Crippen LogP contribution in [0.1, 0.15) is 6.42 Å². The van der Waals surface area contributed by atoms with Crippen LogP contribution in [-0.4, -0.2) is 55.3 Å². The van der Waals surface area contributed by atoms with E-state index in [2.05, 4.69) is 10.3 Å². The summed E-state index contributed by atoms with van der Waals surface area (Å²) < 4.78 is 24.3. The Bertz CT molecular complexity index is 632. The van der Waals surface area contributed by atoms with Crippen molar-refractivity contribution in [3.63, 3.8) is 0 Å². The van der Waals surface area contributed by atoms with Crippen molar-refractivity contribution >= 4 is 21.4 Å².